The third-order valence-electron chi connectivity index (χ3n) is 2.25. The summed E-state index contributed by atoms with van der Waals surface area (Å²) < 4.78 is 47.3. The first kappa shape index (κ1) is 13.7. The van der Waals surface area contributed by atoms with Gasteiger partial charge in [0.2, 0.25) is 0 Å². The summed E-state index contributed by atoms with van der Waals surface area (Å²) in [5, 5.41) is 0. The summed E-state index contributed by atoms with van der Waals surface area (Å²) in [6, 6.07) is 4.82. The summed E-state index contributed by atoms with van der Waals surface area (Å²) in [5.41, 5.74) is 0.113. The molecule has 0 unspecified atom stereocenters. The average molecular weight is 335 g/mol. The Kier molecular flexibility index (Phi) is 3.94. The van der Waals surface area contributed by atoms with E-state index in [2.05, 4.69) is 20.7 Å². The Morgan fingerprint density at radius 1 is 1.32 bits per heavy atom. The average Bonchev–Trinajstić information content (AvgIpc) is 2.81. The Hall–Kier alpha value is -1.76. The van der Waals surface area contributed by atoms with Crippen molar-refractivity contribution >= 4 is 22.2 Å². The van der Waals surface area contributed by atoms with E-state index >= 15 is 0 Å². The van der Waals surface area contributed by atoms with Crippen molar-refractivity contribution in [3.63, 3.8) is 0 Å². The molecule has 0 aliphatic carbocycles. The highest BCUT2D eigenvalue weighted by Gasteiger charge is 2.17. The minimum absolute atomic E-state index is 0.0263. The van der Waals surface area contributed by atoms with Crippen LogP contribution in [0.4, 0.5) is 13.2 Å². The summed E-state index contributed by atoms with van der Waals surface area (Å²) in [7, 11) is 0. The number of hydrogen-bond donors (Lipinski definition) is 0. The Balaban J connectivity index is 2.53. The molecule has 0 amide bonds. The maximum atomic E-state index is 13.3. The highest BCUT2D eigenvalue weighted by Crippen LogP contribution is 2.36. The Bertz CT molecular complexity index is 610. The lowest BCUT2D eigenvalue weighted by molar-refractivity contribution is -0.0496. The van der Waals surface area contributed by atoms with Gasteiger partial charge in [0, 0.05) is 6.07 Å². The number of carbonyl (C=O) groups is 1. The minimum atomic E-state index is -3.10. The smallest absolute Gasteiger partial charge is 0.387 e. The van der Waals surface area contributed by atoms with E-state index in [4.69, 9.17) is 4.42 Å². The lowest BCUT2D eigenvalue weighted by Gasteiger charge is -2.10. The van der Waals surface area contributed by atoms with Gasteiger partial charge >= 0.3 is 6.61 Å². The quantitative estimate of drug-likeness (QED) is 0.784. The summed E-state index contributed by atoms with van der Waals surface area (Å²) >= 11 is 2.94. The van der Waals surface area contributed by atoms with Crippen LogP contribution in [0.15, 0.2) is 33.2 Å². The monoisotopic (exact) mass is 334 g/mol. The van der Waals surface area contributed by atoms with Crippen LogP contribution in [0, 0.1) is 5.82 Å². The molecule has 2 aromatic rings. The Morgan fingerprint density at radius 2 is 2.05 bits per heavy atom. The van der Waals surface area contributed by atoms with E-state index in [1.807, 2.05) is 0 Å². The van der Waals surface area contributed by atoms with E-state index in [9.17, 15) is 18.0 Å². The van der Waals surface area contributed by atoms with Crippen LogP contribution in [-0.4, -0.2) is 12.9 Å². The van der Waals surface area contributed by atoms with Crippen LogP contribution in [-0.2, 0) is 0 Å². The molecule has 7 heteroatoms. The first-order chi connectivity index (χ1) is 9.01. The maximum Gasteiger partial charge on any atom is 0.387 e. The van der Waals surface area contributed by atoms with E-state index in [0.717, 1.165) is 6.07 Å². The Morgan fingerprint density at radius 3 is 2.63 bits per heavy atom. The first-order valence-electron chi connectivity index (χ1n) is 5.00. The molecule has 0 spiro atoms. The normalized spacial score (nSPS) is 10.8. The van der Waals surface area contributed by atoms with Gasteiger partial charge in [-0.1, -0.05) is 0 Å². The van der Waals surface area contributed by atoms with Gasteiger partial charge in [0.25, 0.3) is 0 Å². The zero-order chi connectivity index (χ0) is 14.0. The molecule has 2 rings (SSSR count). The highest BCUT2D eigenvalue weighted by molar-refractivity contribution is 9.10. The molecular formula is C12H6BrF3O3. The number of ether oxygens (including phenoxy) is 1. The third kappa shape index (κ3) is 2.98. The molecule has 0 aliphatic rings. The lowest BCUT2D eigenvalue weighted by Crippen LogP contribution is -2.03. The fourth-order valence-electron chi connectivity index (χ4n) is 1.48. The van der Waals surface area contributed by atoms with Crippen molar-refractivity contribution in [3.8, 4) is 17.1 Å². The second kappa shape index (κ2) is 5.48. The van der Waals surface area contributed by atoms with Crippen LogP contribution in [0.3, 0.4) is 0 Å². The van der Waals surface area contributed by atoms with Crippen molar-refractivity contribution in [3.05, 3.63) is 40.3 Å². The molecule has 3 nitrogen and oxygen atoms in total. The lowest BCUT2D eigenvalue weighted by atomic mass is 10.1. The highest BCUT2D eigenvalue weighted by atomic mass is 79.9. The molecule has 0 saturated carbocycles. The van der Waals surface area contributed by atoms with Crippen molar-refractivity contribution in [1.29, 1.82) is 0 Å². The van der Waals surface area contributed by atoms with E-state index in [0.29, 0.717) is 6.29 Å². The fraction of sp³-hybridized carbons (Fsp3) is 0.0833. The number of halogens is 4. The first-order valence-corrected chi connectivity index (χ1v) is 5.80. The van der Waals surface area contributed by atoms with Gasteiger partial charge in [-0.15, -0.1) is 0 Å². The summed E-state index contributed by atoms with van der Waals surface area (Å²) in [4.78, 5) is 10.5. The van der Waals surface area contributed by atoms with Crippen molar-refractivity contribution in [2.24, 2.45) is 0 Å². The number of aldehydes is 1. The minimum Gasteiger partial charge on any atom is -0.453 e. The predicted octanol–water partition coefficient (Wildman–Crippen LogP) is 4.26. The maximum absolute atomic E-state index is 13.3. The molecule has 0 saturated heterocycles. The number of benzene rings is 1. The number of alkyl halides is 2. The molecule has 19 heavy (non-hydrogen) atoms. The van der Waals surface area contributed by atoms with E-state index in [1.54, 1.807) is 0 Å². The molecule has 1 aromatic heterocycles. The van der Waals surface area contributed by atoms with Gasteiger partial charge in [-0.2, -0.15) is 8.78 Å². The Labute approximate surface area is 114 Å². The van der Waals surface area contributed by atoms with Gasteiger partial charge in [-0.3, -0.25) is 4.79 Å². The van der Waals surface area contributed by atoms with Gasteiger partial charge in [-0.05, 0) is 34.1 Å². The number of hydrogen-bond acceptors (Lipinski definition) is 3. The van der Waals surface area contributed by atoms with E-state index in [1.165, 1.54) is 18.2 Å². The molecule has 0 fully saturated rings. The summed E-state index contributed by atoms with van der Waals surface area (Å²) in [5.74, 6) is -0.971. The number of carbonyl (C=O) groups excluding carboxylic acids is 1. The largest absolute Gasteiger partial charge is 0.453 e. The van der Waals surface area contributed by atoms with Gasteiger partial charge in [0.1, 0.15) is 17.3 Å². The van der Waals surface area contributed by atoms with Crippen LogP contribution >= 0.6 is 15.9 Å². The second-order valence-electron chi connectivity index (χ2n) is 3.46. The molecule has 0 bridgehead atoms. The van der Waals surface area contributed by atoms with Crippen LogP contribution in [0.1, 0.15) is 10.6 Å². The topological polar surface area (TPSA) is 39.4 Å². The van der Waals surface area contributed by atoms with Crippen LogP contribution in [0.5, 0.6) is 5.75 Å². The van der Waals surface area contributed by atoms with Crippen molar-refractivity contribution in [1.82, 2.24) is 0 Å². The van der Waals surface area contributed by atoms with Crippen molar-refractivity contribution in [2.45, 2.75) is 6.61 Å². The molecule has 0 atom stereocenters. The van der Waals surface area contributed by atoms with Crippen LogP contribution in [0.2, 0.25) is 0 Å². The molecule has 0 N–H and O–H groups in total. The molecule has 1 heterocycles. The van der Waals surface area contributed by atoms with Crippen molar-refractivity contribution in [2.75, 3.05) is 0 Å². The van der Waals surface area contributed by atoms with Crippen molar-refractivity contribution < 1.29 is 27.1 Å². The SMILES string of the molecule is O=Cc1ccc(-c2cc(Br)c(F)cc2OC(F)F)o1. The molecule has 1 aromatic carbocycles. The number of furan rings is 1. The van der Waals surface area contributed by atoms with Gasteiger partial charge < -0.3 is 9.15 Å². The summed E-state index contributed by atoms with van der Waals surface area (Å²) in [6.07, 6.45) is 0.468. The second-order valence-corrected chi connectivity index (χ2v) is 4.32. The predicted molar refractivity (Wildman–Crippen MR) is 63.8 cm³/mol. The van der Waals surface area contributed by atoms with E-state index in [-0.39, 0.29) is 27.3 Å². The van der Waals surface area contributed by atoms with Gasteiger partial charge in [-0.25, -0.2) is 4.39 Å². The molecule has 100 valence electrons. The summed E-state index contributed by atoms with van der Waals surface area (Å²) in [6.45, 7) is -3.10. The van der Waals surface area contributed by atoms with Crippen LogP contribution < -0.4 is 4.74 Å². The third-order valence-corrected chi connectivity index (χ3v) is 2.85. The molecule has 0 aliphatic heterocycles. The molecule has 0 radical (unpaired) electrons. The standard InChI is InChI=1S/C12H6BrF3O3/c13-8-3-7(10-2-1-6(5-17)18-10)11(4-9(8)14)19-12(15)16/h1-5,12H. The van der Waals surface area contributed by atoms with Gasteiger partial charge in [0.15, 0.2) is 12.0 Å². The van der Waals surface area contributed by atoms with E-state index < -0.39 is 12.4 Å². The number of rotatable bonds is 4. The zero-order valence-electron chi connectivity index (χ0n) is 9.20. The zero-order valence-corrected chi connectivity index (χ0v) is 10.8. The fourth-order valence-corrected chi connectivity index (χ4v) is 1.82. The van der Waals surface area contributed by atoms with Crippen LogP contribution in [0.25, 0.3) is 11.3 Å². The van der Waals surface area contributed by atoms with Gasteiger partial charge in [0.05, 0.1) is 10.0 Å². The molecular weight excluding hydrogens is 329 g/mol.